The van der Waals surface area contributed by atoms with Crippen molar-refractivity contribution < 1.29 is 9.47 Å². The highest BCUT2D eigenvalue weighted by Crippen LogP contribution is 2.07. The van der Waals surface area contributed by atoms with E-state index in [-0.39, 0.29) is 12.0 Å². The second kappa shape index (κ2) is 8.48. The Kier molecular flexibility index (Phi) is 7.10. The highest BCUT2D eigenvalue weighted by atomic mass is 16.5. The summed E-state index contributed by atoms with van der Waals surface area (Å²) in [7, 11) is 0. The molecule has 92 valence electrons. The van der Waals surface area contributed by atoms with Gasteiger partial charge in [-0.1, -0.05) is 0 Å². The number of morpholine rings is 2. The first-order valence-electron chi connectivity index (χ1n) is 5.85. The van der Waals surface area contributed by atoms with E-state index in [0.29, 0.717) is 0 Å². The van der Waals surface area contributed by atoms with Gasteiger partial charge in [0.2, 0.25) is 0 Å². The van der Waals surface area contributed by atoms with Gasteiger partial charge in [0.15, 0.2) is 0 Å². The first-order valence-corrected chi connectivity index (χ1v) is 5.85. The topological polar surface area (TPSA) is 66.3 Å². The van der Waals surface area contributed by atoms with Gasteiger partial charge in [0, 0.05) is 26.2 Å². The molecule has 0 aromatic heterocycles. The Bertz CT molecular complexity index is 196. The molecule has 2 saturated heterocycles. The Morgan fingerprint density at radius 2 is 1.88 bits per heavy atom. The predicted molar refractivity (Wildman–Crippen MR) is 61.1 cm³/mol. The fourth-order valence-corrected chi connectivity index (χ4v) is 1.51. The lowest BCUT2D eigenvalue weighted by atomic mass is 10.1. The molecule has 5 nitrogen and oxygen atoms in total. The van der Waals surface area contributed by atoms with Crippen LogP contribution in [0, 0.1) is 17.2 Å². The third-order valence-corrected chi connectivity index (χ3v) is 2.56. The number of ether oxygens (including phenoxy) is 2. The summed E-state index contributed by atoms with van der Waals surface area (Å²) in [6.07, 6.45) is 0.0961. The maximum absolute atomic E-state index is 8.53. The molecule has 0 spiro atoms. The number of hydrogen-bond acceptors (Lipinski definition) is 5. The second-order valence-corrected chi connectivity index (χ2v) is 3.89. The third kappa shape index (κ3) is 5.42. The van der Waals surface area contributed by atoms with Crippen molar-refractivity contribution in [3.63, 3.8) is 0 Å². The Morgan fingerprint density at radius 1 is 1.19 bits per heavy atom. The van der Waals surface area contributed by atoms with Gasteiger partial charge in [-0.25, -0.2) is 0 Å². The standard InChI is InChI=1S/C7H12N2O.C4H9NO/c1-6(4-8)7-5-9-2-3-10-7;1-3-6-4-2-5-1/h6-7,9H,2-3,5H2,1H3;5H,1-4H2. The highest BCUT2D eigenvalue weighted by molar-refractivity contribution is 4.87. The molecule has 2 fully saturated rings. The molecule has 0 radical (unpaired) electrons. The molecule has 5 heteroatoms. The molecule has 2 heterocycles. The van der Waals surface area contributed by atoms with Crippen molar-refractivity contribution in [2.75, 3.05) is 46.0 Å². The van der Waals surface area contributed by atoms with Gasteiger partial charge in [-0.15, -0.1) is 0 Å². The number of rotatable bonds is 1. The van der Waals surface area contributed by atoms with Crippen molar-refractivity contribution in [3.05, 3.63) is 0 Å². The molecule has 0 bridgehead atoms. The molecule has 0 saturated carbocycles. The zero-order valence-corrected chi connectivity index (χ0v) is 9.87. The van der Waals surface area contributed by atoms with E-state index in [1.807, 2.05) is 6.92 Å². The monoisotopic (exact) mass is 227 g/mol. The molecule has 0 aromatic rings. The van der Waals surface area contributed by atoms with Crippen LogP contribution in [-0.2, 0) is 9.47 Å². The van der Waals surface area contributed by atoms with Gasteiger partial charge in [-0.2, -0.15) is 5.26 Å². The number of nitrogens with zero attached hydrogens (tertiary/aromatic N) is 1. The Hall–Kier alpha value is -0.670. The summed E-state index contributed by atoms with van der Waals surface area (Å²) >= 11 is 0. The van der Waals surface area contributed by atoms with Crippen molar-refractivity contribution in [2.45, 2.75) is 13.0 Å². The molecule has 2 aliphatic heterocycles. The van der Waals surface area contributed by atoms with Crippen LogP contribution >= 0.6 is 0 Å². The first kappa shape index (κ1) is 13.4. The average Bonchev–Trinajstić information content (AvgIpc) is 2.41. The van der Waals surface area contributed by atoms with Crippen LogP contribution in [0.1, 0.15) is 6.92 Å². The lowest BCUT2D eigenvalue weighted by Crippen LogP contribution is -2.41. The van der Waals surface area contributed by atoms with Gasteiger partial charge in [0.05, 0.1) is 37.9 Å². The maximum Gasteiger partial charge on any atom is 0.0855 e. The second-order valence-electron chi connectivity index (χ2n) is 3.89. The Labute approximate surface area is 97.1 Å². The van der Waals surface area contributed by atoms with Gasteiger partial charge in [0.1, 0.15) is 0 Å². The SMILES string of the molecule is C1COCCN1.CC(C#N)C1CNCCO1. The van der Waals surface area contributed by atoms with E-state index < -0.39 is 0 Å². The van der Waals surface area contributed by atoms with E-state index in [0.717, 1.165) is 46.0 Å². The quantitative estimate of drug-likeness (QED) is 0.646. The van der Waals surface area contributed by atoms with Crippen LogP contribution in [0.4, 0.5) is 0 Å². The van der Waals surface area contributed by atoms with Crippen molar-refractivity contribution in [1.29, 1.82) is 5.26 Å². The van der Waals surface area contributed by atoms with Gasteiger partial charge < -0.3 is 20.1 Å². The number of nitrogens with one attached hydrogen (secondary N) is 2. The number of hydrogen-bond donors (Lipinski definition) is 2. The van der Waals surface area contributed by atoms with Gasteiger partial charge in [0.25, 0.3) is 0 Å². The minimum Gasteiger partial charge on any atom is -0.379 e. The summed E-state index contributed by atoms with van der Waals surface area (Å²) in [4.78, 5) is 0. The molecular weight excluding hydrogens is 206 g/mol. The van der Waals surface area contributed by atoms with Crippen molar-refractivity contribution in [3.8, 4) is 6.07 Å². The highest BCUT2D eigenvalue weighted by Gasteiger charge is 2.19. The smallest absolute Gasteiger partial charge is 0.0855 e. The molecule has 2 rings (SSSR count). The van der Waals surface area contributed by atoms with Crippen LogP contribution in [-0.4, -0.2) is 52.1 Å². The lowest BCUT2D eigenvalue weighted by Gasteiger charge is -2.24. The molecule has 2 N–H and O–H groups in total. The van der Waals surface area contributed by atoms with Gasteiger partial charge in [-0.05, 0) is 6.92 Å². The van der Waals surface area contributed by atoms with E-state index in [9.17, 15) is 0 Å². The fourth-order valence-electron chi connectivity index (χ4n) is 1.51. The largest absolute Gasteiger partial charge is 0.379 e. The zero-order chi connectivity index (χ0) is 11.6. The first-order chi connectivity index (χ1) is 7.84. The molecule has 0 aliphatic carbocycles. The minimum absolute atomic E-state index is 0.00722. The van der Waals surface area contributed by atoms with E-state index in [1.54, 1.807) is 0 Å². The van der Waals surface area contributed by atoms with Crippen molar-refractivity contribution in [2.24, 2.45) is 5.92 Å². The van der Waals surface area contributed by atoms with Gasteiger partial charge in [-0.3, -0.25) is 0 Å². The fraction of sp³-hybridized carbons (Fsp3) is 0.909. The minimum atomic E-state index is 0.00722. The van der Waals surface area contributed by atoms with Gasteiger partial charge >= 0.3 is 0 Å². The molecule has 2 atom stereocenters. The van der Waals surface area contributed by atoms with Crippen LogP contribution in [0.25, 0.3) is 0 Å². The van der Waals surface area contributed by atoms with E-state index in [4.69, 9.17) is 14.7 Å². The summed E-state index contributed by atoms with van der Waals surface area (Å²) in [6.45, 7) is 8.18. The molecule has 2 aliphatic rings. The van der Waals surface area contributed by atoms with Crippen LogP contribution in [0.5, 0.6) is 0 Å². The normalized spacial score (nSPS) is 27.1. The van der Waals surface area contributed by atoms with E-state index in [2.05, 4.69) is 16.7 Å². The molecular formula is C11H21N3O2. The summed E-state index contributed by atoms with van der Waals surface area (Å²) in [5, 5.41) is 14.9. The maximum atomic E-state index is 8.53. The summed E-state index contributed by atoms with van der Waals surface area (Å²) in [5.41, 5.74) is 0. The van der Waals surface area contributed by atoms with Crippen LogP contribution in [0.15, 0.2) is 0 Å². The summed E-state index contributed by atoms with van der Waals surface area (Å²) in [6, 6.07) is 2.17. The zero-order valence-electron chi connectivity index (χ0n) is 9.87. The third-order valence-electron chi connectivity index (χ3n) is 2.56. The summed E-state index contributed by atoms with van der Waals surface area (Å²) in [5.74, 6) is 0.00722. The predicted octanol–water partition coefficient (Wildman–Crippen LogP) is -0.259. The summed E-state index contributed by atoms with van der Waals surface area (Å²) < 4.78 is 10.4. The molecule has 16 heavy (non-hydrogen) atoms. The molecule has 0 aromatic carbocycles. The van der Waals surface area contributed by atoms with E-state index >= 15 is 0 Å². The van der Waals surface area contributed by atoms with Crippen LogP contribution < -0.4 is 10.6 Å². The molecule has 2 unspecified atom stereocenters. The Morgan fingerprint density at radius 3 is 2.25 bits per heavy atom. The van der Waals surface area contributed by atoms with Crippen molar-refractivity contribution >= 4 is 0 Å². The lowest BCUT2D eigenvalue weighted by molar-refractivity contribution is 0.00910. The van der Waals surface area contributed by atoms with Crippen molar-refractivity contribution in [1.82, 2.24) is 10.6 Å². The van der Waals surface area contributed by atoms with Crippen LogP contribution in [0.2, 0.25) is 0 Å². The van der Waals surface area contributed by atoms with E-state index in [1.165, 1.54) is 0 Å². The molecule has 0 amide bonds. The Balaban J connectivity index is 0.000000181. The number of nitriles is 1. The van der Waals surface area contributed by atoms with Crippen LogP contribution in [0.3, 0.4) is 0 Å². The average molecular weight is 227 g/mol.